The number of aliphatic hydroxyl groups excluding tert-OH is 1. The molecule has 0 saturated heterocycles. The molecule has 25 heavy (non-hydrogen) atoms. The van der Waals surface area contributed by atoms with E-state index in [1.807, 2.05) is 0 Å². The minimum absolute atomic E-state index is 0.114. The van der Waals surface area contributed by atoms with Crippen LogP contribution in [0.4, 0.5) is 0 Å². The minimum atomic E-state index is -0.255. The number of ketones is 1. The third-order valence-corrected chi connectivity index (χ3v) is 9.52. The lowest BCUT2D eigenvalue weighted by molar-refractivity contribution is -0.138. The van der Waals surface area contributed by atoms with Crippen molar-refractivity contribution in [1.82, 2.24) is 0 Å². The summed E-state index contributed by atoms with van der Waals surface area (Å²) in [5.74, 6) is 5.43. The summed E-state index contributed by atoms with van der Waals surface area (Å²) in [7, 11) is 0. The summed E-state index contributed by atoms with van der Waals surface area (Å²) >= 11 is 0. The lowest BCUT2D eigenvalue weighted by atomic mass is 9.44. The van der Waals surface area contributed by atoms with E-state index in [1.54, 1.807) is 0 Å². The molecule has 4 aliphatic carbocycles. The zero-order valence-corrected chi connectivity index (χ0v) is 16.8. The summed E-state index contributed by atoms with van der Waals surface area (Å²) in [6, 6.07) is 0. The second-order valence-electron chi connectivity index (χ2n) is 11.1. The summed E-state index contributed by atoms with van der Waals surface area (Å²) < 4.78 is 0. The molecule has 0 aliphatic heterocycles. The summed E-state index contributed by atoms with van der Waals surface area (Å²) in [5.41, 5.74) is 0.615. The van der Waals surface area contributed by atoms with E-state index in [9.17, 15) is 9.90 Å². The maximum absolute atomic E-state index is 12.4. The molecule has 0 aromatic heterocycles. The normalized spacial score (nSPS) is 51.3. The van der Waals surface area contributed by atoms with E-state index in [0.29, 0.717) is 11.3 Å². The molecule has 0 heterocycles. The van der Waals surface area contributed by atoms with Crippen LogP contribution in [-0.2, 0) is 4.79 Å². The number of carbonyl (C=O) groups is 1. The molecule has 0 aromatic rings. The summed E-state index contributed by atoms with van der Waals surface area (Å²) in [4.78, 5) is 12.4. The molecule has 4 saturated carbocycles. The standard InChI is InChI=1S/C23H38O2/c1-14-5-6-16-15-9-10-23(4)18(7-8-19(23)21(25)13-24)17(15)12-22(2,3)20(16)11-14/h14-20,24H,5-13H2,1-4H3. The maximum atomic E-state index is 12.4. The number of fused-ring (bicyclic) bond motifs is 5. The van der Waals surface area contributed by atoms with E-state index in [0.717, 1.165) is 36.0 Å². The Balaban J connectivity index is 1.63. The fourth-order valence-electron chi connectivity index (χ4n) is 8.36. The molecule has 0 aromatic carbocycles. The van der Waals surface area contributed by atoms with Crippen molar-refractivity contribution in [3.8, 4) is 0 Å². The highest BCUT2D eigenvalue weighted by molar-refractivity contribution is 5.83. The van der Waals surface area contributed by atoms with Crippen LogP contribution in [-0.4, -0.2) is 17.5 Å². The summed E-state index contributed by atoms with van der Waals surface area (Å²) in [6.07, 6.45) is 10.5. The fourth-order valence-corrected chi connectivity index (χ4v) is 8.36. The van der Waals surface area contributed by atoms with Gasteiger partial charge in [0.2, 0.25) is 0 Å². The number of hydrogen-bond donors (Lipinski definition) is 1. The Morgan fingerprint density at radius 2 is 1.72 bits per heavy atom. The topological polar surface area (TPSA) is 37.3 Å². The smallest absolute Gasteiger partial charge is 0.161 e. The van der Waals surface area contributed by atoms with Crippen molar-refractivity contribution >= 4 is 5.78 Å². The molecule has 4 rings (SSSR count). The third-order valence-electron chi connectivity index (χ3n) is 9.52. The van der Waals surface area contributed by atoms with Crippen molar-refractivity contribution in [2.45, 2.75) is 79.1 Å². The van der Waals surface area contributed by atoms with Gasteiger partial charge in [-0.05, 0) is 91.3 Å². The predicted molar refractivity (Wildman–Crippen MR) is 101 cm³/mol. The van der Waals surface area contributed by atoms with Crippen molar-refractivity contribution in [3.63, 3.8) is 0 Å². The molecule has 4 fully saturated rings. The molecule has 1 N–H and O–H groups in total. The molecule has 2 nitrogen and oxygen atoms in total. The first-order valence-corrected chi connectivity index (χ1v) is 10.9. The minimum Gasteiger partial charge on any atom is -0.389 e. The van der Waals surface area contributed by atoms with Crippen molar-refractivity contribution in [1.29, 1.82) is 0 Å². The Morgan fingerprint density at radius 3 is 2.44 bits per heavy atom. The van der Waals surface area contributed by atoms with Crippen LogP contribution in [0.2, 0.25) is 0 Å². The fraction of sp³-hybridized carbons (Fsp3) is 0.957. The second-order valence-corrected chi connectivity index (χ2v) is 11.1. The number of hydrogen-bond acceptors (Lipinski definition) is 2. The highest BCUT2D eigenvalue weighted by atomic mass is 16.3. The molecule has 2 heteroatoms. The van der Waals surface area contributed by atoms with Crippen LogP contribution in [0.1, 0.15) is 79.1 Å². The Morgan fingerprint density at radius 1 is 0.960 bits per heavy atom. The van der Waals surface area contributed by atoms with E-state index >= 15 is 0 Å². The van der Waals surface area contributed by atoms with Crippen molar-refractivity contribution in [2.24, 2.45) is 52.3 Å². The van der Waals surface area contributed by atoms with Crippen LogP contribution in [0.15, 0.2) is 0 Å². The van der Waals surface area contributed by atoms with E-state index in [2.05, 4.69) is 27.7 Å². The molecule has 8 unspecified atom stereocenters. The molecule has 0 bridgehead atoms. The van der Waals surface area contributed by atoms with Gasteiger partial charge >= 0.3 is 0 Å². The summed E-state index contributed by atoms with van der Waals surface area (Å²) in [6.45, 7) is 9.67. The number of Topliss-reactive ketones (excluding diaryl/α,β-unsaturated/α-hetero) is 1. The molecule has 0 amide bonds. The van der Waals surface area contributed by atoms with E-state index < -0.39 is 0 Å². The second kappa shape index (κ2) is 6.08. The highest BCUT2D eigenvalue weighted by Gasteiger charge is 2.60. The largest absolute Gasteiger partial charge is 0.389 e. The first-order valence-electron chi connectivity index (χ1n) is 10.9. The molecule has 142 valence electrons. The Labute approximate surface area is 154 Å². The van der Waals surface area contributed by atoms with Crippen molar-refractivity contribution < 1.29 is 9.90 Å². The van der Waals surface area contributed by atoms with Crippen LogP contribution in [0.25, 0.3) is 0 Å². The van der Waals surface area contributed by atoms with Gasteiger partial charge in [0.15, 0.2) is 5.78 Å². The quantitative estimate of drug-likeness (QED) is 0.756. The van der Waals surface area contributed by atoms with Crippen LogP contribution < -0.4 is 0 Å². The van der Waals surface area contributed by atoms with Gasteiger partial charge in [-0.25, -0.2) is 0 Å². The van der Waals surface area contributed by atoms with E-state index in [1.165, 1.54) is 44.9 Å². The van der Waals surface area contributed by atoms with Gasteiger partial charge in [0, 0.05) is 5.92 Å². The van der Waals surface area contributed by atoms with Gasteiger partial charge in [0.1, 0.15) is 6.61 Å². The Hall–Kier alpha value is -0.370. The first-order chi connectivity index (χ1) is 11.8. The summed E-state index contributed by atoms with van der Waals surface area (Å²) in [5, 5.41) is 9.45. The Bertz CT molecular complexity index is 538. The third kappa shape index (κ3) is 2.65. The molecule has 4 aliphatic rings. The van der Waals surface area contributed by atoms with E-state index in [-0.39, 0.29) is 23.7 Å². The van der Waals surface area contributed by atoms with Gasteiger partial charge in [-0.3, -0.25) is 4.79 Å². The van der Waals surface area contributed by atoms with Crippen LogP contribution >= 0.6 is 0 Å². The van der Waals surface area contributed by atoms with Crippen LogP contribution in [0.3, 0.4) is 0 Å². The average Bonchev–Trinajstić information content (AvgIpc) is 2.92. The number of aliphatic hydroxyl groups is 1. The predicted octanol–water partition coefficient (Wildman–Crippen LogP) is 5.09. The zero-order valence-electron chi connectivity index (χ0n) is 16.8. The van der Waals surface area contributed by atoms with E-state index in [4.69, 9.17) is 0 Å². The molecule has 0 spiro atoms. The van der Waals surface area contributed by atoms with Gasteiger partial charge in [0.05, 0.1) is 0 Å². The molecular weight excluding hydrogens is 308 g/mol. The maximum Gasteiger partial charge on any atom is 0.161 e. The molecule has 8 atom stereocenters. The van der Waals surface area contributed by atoms with Gasteiger partial charge in [-0.2, -0.15) is 0 Å². The van der Waals surface area contributed by atoms with Gasteiger partial charge < -0.3 is 5.11 Å². The van der Waals surface area contributed by atoms with Crippen molar-refractivity contribution in [2.75, 3.05) is 6.61 Å². The first kappa shape index (κ1) is 18.0. The SMILES string of the molecule is CC1CCC2C3CCC4(C)C(C(=O)CO)CCC4C3CC(C)(C)C2C1. The zero-order chi connectivity index (χ0) is 18.0. The average molecular weight is 347 g/mol. The lowest BCUT2D eigenvalue weighted by Gasteiger charge is -2.61. The van der Waals surface area contributed by atoms with Gasteiger partial charge in [-0.1, -0.05) is 34.1 Å². The number of carbonyl (C=O) groups excluding carboxylic acids is 1. The van der Waals surface area contributed by atoms with Crippen LogP contribution in [0, 0.1) is 52.3 Å². The highest BCUT2D eigenvalue weighted by Crippen LogP contribution is 2.67. The number of rotatable bonds is 2. The van der Waals surface area contributed by atoms with Gasteiger partial charge in [0.25, 0.3) is 0 Å². The molecule has 0 radical (unpaired) electrons. The van der Waals surface area contributed by atoms with Crippen molar-refractivity contribution in [3.05, 3.63) is 0 Å². The molecular formula is C23H38O2. The Kier molecular flexibility index (Phi) is 4.38. The van der Waals surface area contributed by atoms with Gasteiger partial charge in [-0.15, -0.1) is 0 Å². The van der Waals surface area contributed by atoms with Crippen LogP contribution in [0.5, 0.6) is 0 Å². The lowest BCUT2D eigenvalue weighted by Crippen LogP contribution is -2.54. The monoisotopic (exact) mass is 346 g/mol.